The molecule has 3 nitrogen and oxygen atoms in total. The van der Waals surface area contributed by atoms with E-state index in [1.165, 1.54) is 38.6 Å². The highest BCUT2D eigenvalue weighted by Crippen LogP contribution is 2.40. The predicted octanol–water partition coefficient (Wildman–Crippen LogP) is 14.0. The molecule has 10 rings (SSSR count). The zero-order valence-electron chi connectivity index (χ0n) is 30.5. The number of para-hydroxylation sites is 3. The number of furan rings is 1. The van der Waals surface area contributed by atoms with Crippen molar-refractivity contribution >= 4 is 43.7 Å². The molecule has 0 spiro atoms. The van der Waals surface area contributed by atoms with Crippen LogP contribution in [0.3, 0.4) is 0 Å². The molecule has 0 bridgehead atoms. The van der Waals surface area contributed by atoms with Gasteiger partial charge in [0.1, 0.15) is 17.0 Å². The summed E-state index contributed by atoms with van der Waals surface area (Å²) in [7, 11) is 0. The van der Waals surface area contributed by atoms with Gasteiger partial charge >= 0.3 is 0 Å². The lowest BCUT2D eigenvalue weighted by Crippen LogP contribution is -2.10. The average molecular weight is 695 g/mol. The SMILES string of the molecule is CC(C)(C)c1ccc(-c2cc(-c3ccccc3)cc(-c3ccnc(-n4c5ccccc5c5ccc(-c6cccc7c6oc6ccccc67)cc54)c3)c2)cc1. The van der Waals surface area contributed by atoms with E-state index in [4.69, 9.17) is 9.40 Å². The number of aromatic nitrogens is 2. The van der Waals surface area contributed by atoms with Gasteiger partial charge in [0.25, 0.3) is 0 Å². The van der Waals surface area contributed by atoms with Gasteiger partial charge < -0.3 is 4.42 Å². The van der Waals surface area contributed by atoms with Crippen molar-refractivity contribution in [2.24, 2.45) is 0 Å². The highest BCUT2D eigenvalue weighted by molar-refractivity contribution is 6.12. The minimum absolute atomic E-state index is 0.0946. The number of pyridine rings is 1. The molecular formula is C51H38N2O. The third-order valence-corrected chi connectivity index (χ3v) is 10.8. The number of hydrogen-bond acceptors (Lipinski definition) is 2. The number of fused-ring (bicyclic) bond motifs is 6. The van der Waals surface area contributed by atoms with E-state index in [1.807, 2.05) is 18.3 Å². The summed E-state index contributed by atoms with van der Waals surface area (Å²) >= 11 is 0. The van der Waals surface area contributed by atoms with E-state index < -0.39 is 0 Å². The second-order valence-electron chi connectivity index (χ2n) is 15.3. The maximum Gasteiger partial charge on any atom is 0.143 e. The summed E-state index contributed by atoms with van der Waals surface area (Å²) in [5.41, 5.74) is 14.6. The Balaban J connectivity index is 1.14. The van der Waals surface area contributed by atoms with E-state index in [1.54, 1.807) is 0 Å². The molecule has 0 aliphatic carbocycles. The third-order valence-electron chi connectivity index (χ3n) is 10.8. The zero-order chi connectivity index (χ0) is 36.4. The summed E-state index contributed by atoms with van der Waals surface area (Å²) in [6, 6.07) is 61.1. The van der Waals surface area contributed by atoms with Crippen LogP contribution in [0.25, 0.3) is 94.1 Å². The van der Waals surface area contributed by atoms with E-state index in [-0.39, 0.29) is 5.41 Å². The molecule has 3 heteroatoms. The molecular weight excluding hydrogens is 657 g/mol. The van der Waals surface area contributed by atoms with Gasteiger partial charge in [-0.3, -0.25) is 4.57 Å². The smallest absolute Gasteiger partial charge is 0.143 e. The molecule has 0 saturated carbocycles. The number of benzene rings is 7. The van der Waals surface area contributed by atoms with Crippen molar-refractivity contribution in [3.8, 4) is 50.3 Å². The first-order valence-corrected chi connectivity index (χ1v) is 18.6. The normalized spacial score (nSPS) is 12.0. The summed E-state index contributed by atoms with van der Waals surface area (Å²) in [5.74, 6) is 0.874. The molecule has 3 heterocycles. The van der Waals surface area contributed by atoms with Crippen molar-refractivity contribution in [1.82, 2.24) is 9.55 Å². The highest BCUT2D eigenvalue weighted by Gasteiger charge is 2.18. The number of rotatable bonds is 5. The van der Waals surface area contributed by atoms with E-state index >= 15 is 0 Å². The molecule has 258 valence electrons. The summed E-state index contributed by atoms with van der Waals surface area (Å²) in [5, 5.41) is 4.64. The lowest BCUT2D eigenvalue weighted by atomic mass is 9.86. The van der Waals surface area contributed by atoms with Crippen molar-refractivity contribution in [3.05, 3.63) is 182 Å². The average Bonchev–Trinajstić information content (AvgIpc) is 3.76. The van der Waals surface area contributed by atoms with E-state index in [2.05, 4.69) is 183 Å². The fourth-order valence-corrected chi connectivity index (χ4v) is 8.00. The van der Waals surface area contributed by atoms with Gasteiger partial charge in [-0.1, -0.05) is 142 Å². The molecule has 0 radical (unpaired) electrons. The second kappa shape index (κ2) is 12.5. The van der Waals surface area contributed by atoms with E-state index in [0.29, 0.717) is 0 Å². The topological polar surface area (TPSA) is 31.0 Å². The second-order valence-corrected chi connectivity index (χ2v) is 15.3. The monoisotopic (exact) mass is 694 g/mol. The largest absolute Gasteiger partial charge is 0.455 e. The summed E-state index contributed by atoms with van der Waals surface area (Å²) in [6.07, 6.45) is 1.94. The highest BCUT2D eigenvalue weighted by atomic mass is 16.3. The number of nitrogens with zero attached hydrogens (tertiary/aromatic N) is 2. The van der Waals surface area contributed by atoms with Crippen LogP contribution in [-0.4, -0.2) is 9.55 Å². The molecule has 54 heavy (non-hydrogen) atoms. The van der Waals surface area contributed by atoms with Gasteiger partial charge in [-0.05, 0) is 98.5 Å². The standard InChI is InChI=1S/C51H38N2O/c1-51(2,3)40-23-20-34(21-24-40)38-28-37(33-12-5-4-6-13-33)29-39(30-38)35-26-27-52-49(32-35)53-46-18-9-7-14-42(46)43-25-22-36(31-47(43)53)41-16-11-17-45-44-15-8-10-19-48(44)54-50(41)45/h4-32H,1-3H3. The van der Waals surface area contributed by atoms with Crippen LogP contribution in [0.4, 0.5) is 0 Å². The Morgan fingerprint density at radius 3 is 1.85 bits per heavy atom. The Labute approximate surface area is 314 Å². The molecule has 0 amide bonds. The Hall–Kier alpha value is -6.71. The van der Waals surface area contributed by atoms with Crippen molar-refractivity contribution in [1.29, 1.82) is 0 Å². The Morgan fingerprint density at radius 2 is 1.07 bits per heavy atom. The molecule has 0 aliphatic heterocycles. The van der Waals surface area contributed by atoms with E-state index in [9.17, 15) is 0 Å². The number of hydrogen-bond donors (Lipinski definition) is 0. The van der Waals surface area contributed by atoms with Crippen LogP contribution in [0.15, 0.2) is 180 Å². The Kier molecular flexibility index (Phi) is 7.38. The van der Waals surface area contributed by atoms with Crippen molar-refractivity contribution in [2.45, 2.75) is 26.2 Å². The Morgan fingerprint density at radius 1 is 0.444 bits per heavy atom. The molecule has 3 aromatic heterocycles. The van der Waals surface area contributed by atoms with Crippen LogP contribution < -0.4 is 0 Å². The minimum Gasteiger partial charge on any atom is -0.455 e. The molecule has 0 fully saturated rings. The molecule has 7 aromatic carbocycles. The maximum absolute atomic E-state index is 6.47. The summed E-state index contributed by atoms with van der Waals surface area (Å²) < 4.78 is 8.78. The van der Waals surface area contributed by atoms with Crippen LogP contribution in [0, 0.1) is 0 Å². The van der Waals surface area contributed by atoms with Crippen LogP contribution in [0.5, 0.6) is 0 Å². The van der Waals surface area contributed by atoms with Gasteiger partial charge in [-0.2, -0.15) is 0 Å². The van der Waals surface area contributed by atoms with Crippen molar-refractivity contribution in [3.63, 3.8) is 0 Å². The lowest BCUT2D eigenvalue weighted by molar-refractivity contribution is 0.590. The molecule has 0 atom stereocenters. The molecule has 0 aliphatic rings. The molecule has 0 N–H and O–H groups in total. The first-order valence-electron chi connectivity index (χ1n) is 18.6. The molecule has 0 saturated heterocycles. The fourth-order valence-electron chi connectivity index (χ4n) is 8.00. The Bertz CT molecular complexity index is 3010. The van der Waals surface area contributed by atoms with Crippen LogP contribution in [-0.2, 0) is 5.41 Å². The molecule has 10 aromatic rings. The van der Waals surface area contributed by atoms with Gasteiger partial charge in [-0.25, -0.2) is 4.98 Å². The van der Waals surface area contributed by atoms with Gasteiger partial charge in [0, 0.05) is 33.3 Å². The van der Waals surface area contributed by atoms with Gasteiger partial charge in [-0.15, -0.1) is 0 Å². The van der Waals surface area contributed by atoms with Crippen molar-refractivity contribution in [2.75, 3.05) is 0 Å². The predicted molar refractivity (Wildman–Crippen MR) is 226 cm³/mol. The first kappa shape index (κ1) is 32.0. The first-order chi connectivity index (χ1) is 26.4. The fraction of sp³-hybridized carbons (Fsp3) is 0.0784. The summed E-state index contributed by atoms with van der Waals surface area (Å²) in [6.45, 7) is 6.78. The maximum atomic E-state index is 6.47. The van der Waals surface area contributed by atoms with Crippen LogP contribution in [0.2, 0.25) is 0 Å². The van der Waals surface area contributed by atoms with Gasteiger partial charge in [0.2, 0.25) is 0 Å². The molecule has 0 unspecified atom stereocenters. The van der Waals surface area contributed by atoms with Crippen LogP contribution >= 0.6 is 0 Å². The third kappa shape index (κ3) is 5.40. The quantitative estimate of drug-likeness (QED) is 0.180. The van der Waals surface area contributed by atoms with Crippen LogP contribution in [0.1, 0.15) is 26.3 Å². The lowest BCUT2D eigenvalue weighted by Gasteiger charge is -2.19. The summed E-state index contributed by atoms with van der Waals surface area (Å²) in [4.78, 5) is 5.03. The minimum atomic E-state index is 0.0946. The van der Waals surface area contributed by atoms with Crippen molar-refractivity contribution < 1.29 is 4.42 Å². The van der Waals surface area contributed by atoms with E-state index in [0.717, 1.165) is 61.0 Å². The zero-order valence-corrected chi connectivity index (χ0v) is 30.5. The van der Waals surface area contributed by atoms with Gasteiger partial charge in [0.05, 0.1) is 11.0 Å². The van der Waals surface area contributed by atoms with Gasteiger partial charge in [0.15, 0.2) is 0 Å².